The molecule has 2 aromatic heterocycles. The third-order valence-corrected chi connectivity index (χ3v) is 5.54. The van der Waals surface area contributed by atoms with Crippen molar-refractivity contribution < 1.29 is 9.21 Å². The molecule has 0 fully saturated rings. The fourth-order valence-electron chi connectivity index (χ4n) is 3.05. The van der Waals surface area contributed by atoms with Crippen molar-refractivity contribution in [3.05, 3.63) is 66.6 Å². The van der Waals surface area contributed by atoms with E-state index in [1.165, 1.54) is 11.8 Å². The second kappa shape index (κ2) is 9.60. The van der Waals surface area contributed by atoms with Crippen molar-refractivity contribution >= 4 is 17.7 Å². The number of hydrogen-bond acceptors (Lipinski definition) is 5. The second-order valence-electron chi connectivity index (χ2n) is 6.99. The Morgan fingerprint density at radius 1 is 1.28 bits per heavy atom. The summed E-state index contributed by atoms with van der Waals surface area (Å²) in [5.41, 5.74) is 2.01. The number of amides is 1. The fourth-order valence-corrected chi connectivity index (χ4v) is 3.89. The number of aromatic nitrogens is 3. The van der Waals surface area contributed by atoms with Gasteiger partial charge in [0.05, 0.1) is 17.6 Å². The second-order valence-corrected chi connectivity index (χ2v) is 7.93. The summed E-state index contributed by atoms with van der Waals surface area (Å²) in [5, 5.41) is 9.32. The van der Waals surface area contributed by atoms with Crippen LogP contribution in [0.25, 0.3) is 11.4 Å². The van der Waals surface area contributed by atoms with Crippen LogP contribution < -0.4 is 0 Å². The van der Waals surface area contributed by atoms with Gasteiger partial charge in [-0.25, -0.2) is 0 Å². The van der Waals surface area contributed by atoms with E-state index in [2.05, 4.69) is 16.8 Å². The lowest BCUT2D eigenvalue weighted by molar-refractivity contribution is -0.130. The number of hydrogen-bond donors (Lipinski definition) is 0. The molecular weight excluding hydrogens is 384 g/mol. The van der Waals surface area contributed by atoms with Crippen LogP contribution in [-0.2, 0) is 17.9 Å². The number of carbonyl (C=O) groups excluding carboxylic acids is 1. The first-order chi connectivity index (χ1) is 14.0. The van der Waals surface area contributed by atoms with Crippen LogP contribution in [0.2, 0.25) is 0 Å². The molecule has 152 valence electrons. The molecule has 0 aliphatic rings. The Balaban J connectivity index is 1.74. The van der Waals surface area contributed by atoms with Gasteiger partial charge in [0.2, 0.25) is 5.91 Å². The van der Waals surface area contributed by atoms with E-state index in [4.69, 9.17) is 4.42 Å². The number of rotatable bonds is 9. The van der Waals surface area contributed by atoms with E-state index in [0.29, 0.717) is 24.0 Å². The van der Waals surface area contributed by atoms with E-state index in [1.54, 1.807) is 12.3 Å². The molecule has 1 amide bonds. The van der Waals surface area contributed by atoms with E-state index in [-0.39, 0.29) is 11.9 Å². The van der Waals surface area contributed by atoms with Crippen molar-refractivity contribution in [2.75, 3.05) is 5.75 Å². The third kappa shape index (κ3) is 4.98. The van der Waals surface area contributed by atoms with E-state index in [0.717, 1.165) is 22.7 Å². The van der Waals surface area contributed by atoms with Gasteiger partial charge in [-0.2, -0.15) is 0 Å². The molecule has 0 N–H and O–H groups in total. The predicted molar refractivity (Wildman–Crippen MR) is 116 cm³/mol. The monoisotopic (exact) mass is 410 g/mol. The summed E-state index contributed by atoms with van der Waals surface area (Å²) in [4.78, 5) is 14.8. The molecule has 0 bridgehead atoms. The van der Waals surface area contributed by atoms with Crippen LogP contribution >= 0.6 is 11.8 Å². The number of nitrogens with zero attached hydrogens (tertiary/aromatic N) is 4. The van der Waals surface area contributed by atoms with Crippen molar-refractivity contribution in [1.82, 2.24) is 19.7 Å². The number of carbonyl (C=O) groups is 1. The summed E-state index contributed by atoms with van der Waals surface area (Å²) in [5.74, 6) is 1.87. The molecule has 0 atom stereocenters. The lowest BCUT2D eigenvalue weighted by atomic mass is 10.2. The van der Waals surface area contributed by atoms with E-state index in [9.17, 15) is 4.79 Å². The van der Waals surface area contributed by atoms with Crippen molar-refractivity contribution in [2.24, 2.45) is 0 Å². The van der Waals surface area contributed by atoms with Gasteiger partial charge >= 0.3 is 0 Å². The van der Waals surface area contributed by atoms with Crippen LogP contribution in [0.1, 0.15) is 25.2 Å². The molecule has 3 rings (SSSR count). The number of benzene rings is 1. The molecule has 0 saturated heterocycles. The van der Waals surface area contributed by atoms with Gasteiger partial charge in [-0.15, -0.1) is 16.8 Å². The molecular formula is C22H26N4O2S. The molecule has 1 aromatic carbocycles. The van der Waals surface area contributed by atoms with Gasteiger partial charge in [-0.05, 0) is 32.4 Å². The average molecular weight is 411 g/mol. The minimum Gasteiger partial charge on any atom is -0.469 e. The highest BCUT2D eigenvalue weighted by Gasteiger charge is 2.21. The molecule has 2 heterocycles. The van der Waals surface area contributed by atoms with Crippen LogP contribution in [-0.4, -0.2) is 37.4 Å². The number of furan rings is 1. The van der Waals surface area contributed by atoms with Gasteiger partial charge < -0.3 is 9.32 Å². The zero-order chi connectivity index (χ0) is 20.8. The zero-order valence-corrected chi connectivity index (χ0v) is 17.9. The number of thioether (sulfide) groups is 1. The Kier molecular flexibility index (Phi) is 6.93. The molecule has 7 heteroatoms. The SMILES string of the molecule is C=CCn1c(SCC(=O)N(Cc2ccccc2)C(C)C)nnc1-c1ccoc1C. The average Bonchev–Trinajstić information content (AvgIpc) is 3.31. The van der Waals surface area contributed by atoms with Crippen LogP contribution in [0.3, 0.4) is 0 Å². The molecule has 0 spiro atoms. The van der Waals surface area contributed by atoms with Crippen molar-refractivity contribution in [3.8, 4) is 11.4 Å². The van der Waals surface area contributed by atoms with Crippen molar-refractivity contribution in [3.63, 3.8) is 0 Å². The van der Waals surface area contributed by atoms with Gasteiger partial charge in [0, 0.05) is 19.1 Å². The highest BCUT2D eigenvalue weighted by molar-refractivity contribution is 7.99. The van der Waals surface area contributed by atoms with Crippen molar-refractivity contribution in [2.45, 2.75) is 45.1 Å². The van der Waals surface area contributed by atoms with Gasteiger partial charge in [0.15, 0.2) is 11.0 Å². The Hall–Kier alpha value is -2.80. The molecule has 6 nitrogen and oxygen atoms in total. The lowest BCUT2D eigenvalue weighted by Crippen LogP contribution is -2.37. The topological polar surface area (TPSA) is 64.2 Å². The van der Waals surface area contributed by atoms with Crippen LogP contribution in [0.15, 0.2) is 64.9 Å². The fraction of sp³-hybridized carbons (Fsp3) is 0.318. The van der Waals surface area contributed by atoms with Crippen LogP contribution in [0.5, 0.6) is 0 Å². The number of aryl methyl sites for hydroxylation is 1. The summed E-state index contributed by atoms with van der Waals surface area (Å²) in [6.07, 6.45) is 3.43. The summed E-state index contributed by atoms with van der Waals surface area (Å²) in [6.45, 7) is 10.9. The maximum absolute atomic E-state index is 12.9. The maximum Gasteiger partial charge on any atom is 0.233 e. The Labute approximate surface area is 175 Å². The maximum atomic E-state index is 12.9. The van der Waals surface area contributed by atoms with E-state index >= 15 is 0 Å². The highest BCUT2D eigenvalue weighted by atomic mass is 32.2. The first-order valence-electron chi connectivity index (χ1n) is 9.56. The van der Waals surface area contributed by atoms with Gasteiger partial charge in [0.1, 0.15) is 5.76 Å². The highest BCUT2D eigenvalue weighted by Crippen LogP contribution is 2.27. The minimum atomic E-state index is 0.0723. The van der Waals surface area contributed by atoms with Crippen LogP contribution in [0, 0.1) is 6.92 Å². The normalized spacial score (nSPS) is 11.0. The van der Waals surface area contributed by atoms with Gasteiger partial charge in [-0.1, -0.05) is 48.2 Å². The van der Waals surface area contributed by atoms with E-state index < -0.39 is 0 Å². The molecule has 0 saturated carbocycles. The Morgan fingerprint density at radius 2 is 2.03 bits per heavy atom. The molecule has 0 radical (unpaired) electrons. The lowest BCUT2D eigenvalue weighted by Gasteiger charge is -2.26. The summed E-state index contributed by atoms with van der Waals surface area (Å²) in [7, 11) is 0. The Bertz CT molecular complexity index is 962. The summed E-state index contributed by atoms with van der Waals surface area (Å²) in [6, 6.07) is 12.0. The zero-order valence-electron chi connectivity index (χ0n) is 17.0. The van der Waals surface area contributed by atoms with Crippen LogP contribution in [0.4, 0.5) is 0 Å². The van der Waals surface area contributed by atoms with Gasteiger partial charge in [0.25, 0.3) is 0 Å². The molecule has 0 aliphatic heterocycles. The largest absolute Gasteiger partial charge is 0.469 e. The quantitative estimate of drug-likeness (QED) is 0.382. The van der Waals surface area contributed by atoms with Gasteiger partial charge in [-0.3, -0.25) is 9.36 Å². The molecule has 0 aliphatic carbocycles. The Morgan fingerprint density at radius 3 is 2.66 bits per heavy atom. The van der Waals surface area contributed by atoms with Crippen molar-refractivity contribution in [1.29, 1.82) is 0 Å². The summed E-state index contributed by atoms with van der Waals surface area (Å²) >= 11 is 1.40. The first kappa shape index (κ1) is 20.9. The standard InChI is InChI=1S/C22H26N4O2S/c1-5-12-25-21(19-11-13-28-17(19)4)23-24-22(25)29-15-20(27)26(16(2)3)14-18-9-7-6-8-10-18/h5-11,13,16H,1,12,14-15H2,2-4H3. The predicted octanol–water partition coefficient (Wildman–Crippen LogP) is 4.56. The smallest absolute Gasteiger partial charge is 0.233 e. The summed E-state index contributed by atoms with van der Waals surface area (Å²) < 4.78 is 7.36. The molecule has 3 aromatic rings. The molecule has 0 unspecified atom stereocenters. The first-order valence-corrected chi connectivity index (χ1v) is 10.5. The minimum absolute atomic E-state index is 0.0723. The number of allylic oxidation sites excluding steroid dienone is 1. The third-order valence-electron chi connectivity index (χ3n) is 4.59. The molecule has 29 heavy (non-hydrogen) atoms. The van der Waals surface area contributed by atoms with E-state index in [1.807, 2.05) is 66.6 Å².